The van der Waals surface area contributed by atoms with Gasteiger partial charge in [0, 0.05) is 31.2 Å². The van der Waals surface area contributed by atoms with Crippen LogP contribution < -0.4 is 5.32 Å². The van der Waals surface area contributed by atoms with Crippen molar-refractivity contribution in [1.29, 1.82) is 0 Å². The fourth-order valence-electron chi connectivity index (χ4n) is 1.66. The monoisotopic (exact) mass is 314 g/mol. The Hall–Kier alpha value is -0.720. The highest BCUT2D eigenvalue weighted by Gasteiger charge is 2.09. The molecule has 2 rings (SSSR count). The molecule has 4 nitrogen and oxygen atoms in total. The van der Waals surface area contributed by atoms with Crippen LogP contribution in [0.25, 0.3) is 0 Å². The Kier molecular flexibility index (Phi) is 3.96. The molecule has 1 N–H and O–H groups in total. The number of hydrogen-bond acceptors (Lipinski definition) is 4. The predicted molar refractivity (Wildman–Crippen MR) is 73.0 cm³/mol. The van der Waals surface area contributed by atoms with E-state index in [0.717, 1.165) is 28.3 Å². The Morgan fingerprint density at radius 3 is 2.71 bits per heavy atom. The molecule has 0 spiro atoms. The zero-order valence-corrected chi connectivity index (χ0v) is 12.5. The number of hydrogen-bond donors (Lipinski definition) is 1. The van der Waals surface area contributed by atoms with Crippen molar-refractivity contribution in [2.24, 2.45) is 7.05 Å². The van der Waals surface area contributed by atoms with Gasteiger partial charge in [0.15, 0.2) is 0 Å². The second-order valence-electron chi connectivity index (χ2n) is 3.92. The summed E-state index contributed by atoms with van der Waals surface area (Å²) in [5.74, 6) is 0. The van der Waals surface area contributed by atoms with Gasteiger partial charge in [0.05, 0.1) is 20.9 Å². The zero-order valence-electron chi connectivity index (χ0n) is 10.1. The largest absolute Gasteiger partial charge is 0.306 e. The van der Waals surface area contributed by atoms with Gasteiger partial charge >= 0.3 is 0 Å². The first-order valence-corrected chi connectivity index (χ1v) is 6.99. The summed E-state index contributed by atoms with van der Waals surface area (Å²) < 4.78 is 3.00. The third kappa shape index (κ3) is 2.94. The normalized spacial score (nSPS) is 11.1. The van der Waals surface area contributed by atoms with E-state index in [2.05, 4.69) is 31.3 Å². The minimum atomic E-state index is 0.800. The van der Waals surface area contributed by atoms with E-state index in [1.54, 1.807) is 11.3 Å². The first-order chi connectivity index (χ1) is 8.08. The van der Waals surface area contributed by atoms with E-state index in [1.807, 2.05) is 31.8 Å². The molecule has 17 heavy (non-hydrogen) atoms. The standard InChI is InChI=1S/C11H15BrN4S/c1-7-11(12)10(16(3)15-7)6-13-4-9-5-14-8(2)17-9/h5,13H,4,6H2,1-3H3. The molecule has 6 heteroatoms. The molecule has 0 amide bonds. The highest BCUT2D eigenvalue weighted by molar-refractivity contribution is 9.10. The molecule has 0 radical (unpaired) electrons. The topological polar surface area (TPSA) is 42.7 Å². The van der Waals surface area contributed by atoms with Crippen molar-refractivity contribution in [3.8, 4) is 0 Å². The van der Waals surface area contributed by atoms with E-state index in [4.69, 9.17) is 0 Å². The molecule has 0 saturated carbocycles. The molecule has 92 valence electrons. The van der Waals surface area contributed by atoms with Crippen molar-refractivity contribution in [2.75, 3.05) is 0 Å². The Morgan fingerprint density at radius 1 is 1.41 bits per heavy atom. The third-order valence-corrected chi connectivity index (χ3v) is 4.47. The first kappa shape index (κ1) is 12.7. The number of aromatic nitrogens is 3. The van der Waals surface area contributed by atoms with Gasteiger partial charge in [0.1, 0.15) is 0 Å². The van der Waals surface area contributed by atoms with Gasteiger partial charge in [-0.15, -0.1) is 11.3 Å². The van der Waals surface area contributed by atoms with Crippen molar-refractivity contribution < 1.29 is 0 Å². The lowest BCUT2D eigenvalue weighted by molar-refractivity contribution is 0.626. The van der Waals surface area contributed by atoms with E-state index in [0.29, 0.717) is 0 Å². The fourth-order valence-corrected chi connectivity index (χ4v) is 2.90. The molecule has 0 atom stereocenters. The van der Waals surface area contributed by atoms with Crippen LogP contribution in [0.5, 0.6) is 0 Å². The quantitative estimate of drug-likeness (QED) is 0.943. The Morgan fingerprint density at radius 2 is 2.18 bits per heavy atom. The van der Waals surface area contributed by atoms with Crippen LogP contribution in [0, 0.1) is 13.8 Å². The molecular formula is C11H15BrN4S. The van der Waals surface area contributed by atoms with Gasteiger partial charge in [-0.25, -0.2) is 4.98 Å². The molecule has 0 unspecified atom stereocenters. The van der Waals surface area contributed by atoms with Crippen LogP contribution >= 0.6 is 27.3 Å². The molecule has 0 aromatic carbocycles. The van der Waals surface area contributed by atoms with Gasteiger partial charge in [0.25, 0.3) is 0 Å². The van der Waals surface area contributed by atoms with Gasteiger partial charge in [-0.05, 0) is 29.8 Å². The molecule has 0 aliphatic rings. The lowest BCUT2D eigenvalue weighted by atomic mass is 10.3. The smallest absolute Gasteiger partial charge is 0.0897 e. The molecule has 0 saturated heterocycles. The zero-order chi connectivity index (χ0) is 12.4. The fraction of sp³-hybridized carbons (Fsp3) is 0.455. The molecule has 2 heterocycles. The molecule has 0 bridgehead atoms. The van der Waals surface area contributed by atoms with E-state index in [-0.39, 0.29) is 0 Å². The highest BCUT2D eigenvalue weighted by Crippen LogP contribution is 2.20. The summed E-state index contributed by atoms with van der Waals surface area (Å²) in [6.45, 7) is 5.67. The van der Waals surface area contributed by atoms with Crippen LogP contribution in [0.15, 0.2) is 10.7 Å². The summed E-state index contributed by atoms with van der Waals surface area (Å²) in [5.41, 5.74) is 2.20. The molecule has 0 aliphatic heterocycles. The first-order valence-electron chi connectivity index (χ1n) is 5.38. The number of nitrogens with zero attached hydrogens (tertiary/aromatic N) is 3. The number of thiazole rings is 1. The minimum Gasteiger partial charge on any atom is -0.306 e. The number of rotatable bonds is 4. The summed E-state index contributed by atoms with van der Waals surface area (Å²) in [6.07, 6.45) is 1.93. The maximum atomic E-state index is 4.36. The minimum absolute atomic E-state index is 0.800. The van der Waals surface area contributed by atoms with E-state index >= 15 is 0 Å². The van der Waals surface area contributed by atoms with E-state index < -0.39 is 0 Å². The summed E-state index contributed by atoms with van der Waals surface area (Å²) in [5, 5.41) is 8.88. The summed E-state index contributed by atoms with van der Waals surface area (Å²) >= 11 is 5.29. The van der Waals surface area contributed by atoms with Crippen molar-refractivity contribution in [1.82, 2.24) is 20.1 Å². The maximum absolute atomic E-state index is 4.36. The van der Waals surface area contributed by atoms with Crippen LogP contribution in [0.3, 0.4) is 0 Å². The van der Waals surface area contributed by atoms with E-state index in [9.17, 15) is 0 Å². The second-order valence-corrected chi connectivity index (χ2v) is 6.03. The molecule has 2 aromatic heterocycles. The summed E-state index contributed by atoms with van der Waals surface area (Å²) in [7, 11) is 1.96. The number of nitrogens with one attached hydrogen (secondary N) is 1. The van der Waals surface area contributed by atoms with Gasteiger partial charge in [-0.1, -0.05) is 0 Å². The van der Waals surface area contributed by atoms with Crippen molar-refractivity contribution in [3.63, 3.8) is 0 Å². The highest BCUT2D eigenvalue weighted by atomic mass is 79.9. The van der Waals surface area contributed by atoms with Crippen LogP contribution in [-0.2, 0) is 20.1 Å². The average molecular weight is 315 g/mol. The van der Waals surface area contributed by atoms with Gasteiger partial charge in [-0.2, -0.15) is 5.10 Å². The average Bonchev–Trinajstić information content (AvgIpc) is 2.78. The van der Waals surface area contributed by atoms with Crippen LogP contribution in [0.2, 0.25) is 0 Å². The summed E-state index contributed by atoms with van der Waals surface area (Å²) in [4.78, 5) is 5.49. The summed E-state index contributed by atoms with van der Waals surface area (Å²) in [6, 6.07) is 0. The Balaban J connectivity index is 1.94. The molecular weight excluding hydrogens is 300 g/mol. The Labute approximate surface area is 113 Å². The molecule has 0 aliphatic carbocycles. The molecule has 2 aromatic rings. The maximum Gasteiger partial charge on any atom is 0.0897 e. The number of halogens is 1. The van der Waals surface area contributed by atoms with Crippen molar-refractivity contribution >= 4 is 27.3 Å². The Bertz CT molecular complexity index is 518. The second kappa shape index (κ2) is 5.29. The number of aryl methyl sites for hydroxylation is 3. The van der Waals surface area contributed by atoms with Crippen LogP contribution in [0.4, 0.5) is 0 Å². The lowest BCUT2D eigenvalue weighted by Crippen LogP contribution is -2.15. The van der Waals surface area contributed by atoms with Crippen LogP contribution in [-0.4, -0.2) is 14.8 Å². The predicted octanol–water partition coefficient (Wildman–Crippen LogP) is 2.55. The van der Waals surface area contributed by atoms with Gasteiger partial charge < -0.3 is 5.32 Å². The van der Waals surface area contributed by atoms with Crippen LogP contribution in [0.1, 0.15) is 21.3 Å². The third-order valence-electron chi connectivity index (χ3n) is 2.52. The van der Waals surface area contributed by atoms with Gasteiger partial charge in [0.2, 0.25) is 0 Å². The van der Waals surface area contributed by atoms with Gasteiger partial charge in [-0.3, -0.25) is 4.68 Å². The van der Waals surface area contributed by atoms with Crippen molar-refractivity contribution in [3.05, 3.63) is 31.9 Å². The molecule has 0 fully saturated rings. The van der Waals surface area contributed by atoms with Crippen molar-refractivity contribution in [2.45, 2.75) is 26.9 Å². The lowest BCUT2D eigenvalue weighted by Gasteiger charge is -2.04. The SMILES string of the molecule is Cc1ncc(CNCc2c(Br)c(C)nn2C)s1. The van der Waals surface area contributed by atoms with E-state index in [1.165, 1.54) is 10.6 Å².